The summed E-state index contributed by atoms with van der Waals surface area (Å²) in [5.74, 6) is 0. The van der Waals surface area contributed by atoms with Crippen LogP contribution in [-0.4, -0.2) is 31.1 Å². The van der Waals surface area contributed by atoms with Gasteiger partial charge in [-0.3, -0.25) is 4.90 Å². The van der Waals surface area contributed by atoms with Crippen molar-refractivity contribution in [2.75, 3.05) is 31.1 Å². The average molecular weight is 348 g/mol. The van der Waals surface area contributed by atoms with Gasteiger partial charge in [0.25, 0.3) is 0 Å². The third kappa shape index (κ3) is 3.51. The fourth-order valence-electron chi connectivity index (χ4n) is 3.67. The van der Waals surface area contributed by atoms with E-state index in [2.05, 4.69) is 53.1 Å². The standard InChI is InChI=1S/C22H24N2O2/c1-2-17-8-9-21-20(14-17)18(15-22(25)26-21)16-23-10-12-24(13-11-23)19-6-4-3-5-7-19/h3-9,14-15H,2,10-13,16H2,1H3. The van der Waals surface area contributed by atoms with Crippen LogP contribution in [-0.2, 0) is 13.0 Å². The maximum atomic E-state index is 11.9. The Balaban J connectivity index is 1.52. The van der Waals surface area contributed by atoms with Crippen LogP contribution in [0.1, 0.15) is 18.1 Å². The Bertz CT molecular complexity index is 941. The summed E-state index contributed by atoms with van der Waals surface area (Å²) in [6.07, 6.45) is 0.976. The van der Waals surface area contributed by atoms with E-state index >= 15 is 0 Å². The summed E-state index contributed by atoms with van der Waals surface area (Å²) in [5, 5.41) is 1.06. The molecule has 4 rings (SSSR count). The van der Waals surface area contributed by atoms with Crippen LogP contribution in [0.4, 0.5) is 5.69 Å². The predicted molar refractivity (Wildman–Crippen MR) is 106 cm³/mol. The molecule has 3 aromatic rings. The molecule has 1 aliphatic rings. The van der Waals surface area contributed by atoms with E-state index in [4.69, 9.17) is 4.42 Å². The second-order valence-corrected chi connectivity index (χ2v) is 6.87. The molecule has 0 unspecified atom stereocenters. The summed E-state index contributed by atoms with van der Waals surface area (Å²) in [6.45, 7) is 6.92. The van der Waals surface area contributed by atoms with Gasteiger partial charge < -0.3 is 9.32 Å². The monoisotopic (exact) mass is 348 g/mol. The highest BCUT2D eigenvalue weighted by Crippen LogP contribution is 2.22. The molecule has 4 heteroatoms. The van der Waals surface area contributed by atoms with Gasteiger partial charge in [-0.05, 0) is 41.8 Å². The van der Waals surface area contributed by atoms with E-state index in [0.717, 1.165) is 50.1 Å². The Morgan fingerprint density at radius 2 is 1.73 bits per heavy atom. The zero-order valence-corrected chi connectivity index (χ0v) is 15.1. The van der Waals surface area contributed by atoms with Crippen LogP contribution in [0.2, 0.25) is 0 Å². The fourth-order valence-corrected chi connectivity index (χ4v) is 3.67. The van der Waals surface area contributed by atoms with Gasteiger partial charge in [0, 0.05) is 49.9 Å². The van der Waals surface area contributed by atoms with Crippen LogP contribution in [0.25, 0.3) is 11.0 Å². The fraction of sp³-hybridized carbons (Fsp3) is 0.318. The van der Waals surface area contributed by atoms with Gasteiger partial charge in [-0.1, -0.05) is 31.2 Å². The Morgan fingerprint density at radius 3 is 2.46 bits per heavy atom. The molecule has 0 radical (unpaired) electrons. The van der Waals surface area contributed by atoms with Gasteiger partial charge in [0.2, 0.25) is 0 Å². The number of rotatable bonds is 4. The van der Waals surface area contributed by atoms with E-state index in [9.17, 15) is 4.79 Å². The summed E-state index contributed by atoms with van der Waals surface area (Å²) >= 11 is 0. The lowest BCUT2D eigenvalue weighted by molar-refractivity contribution is 0.250. The number of hydrogen-bond donors (Lipinski definition) is 0. The summed E-state index contributed by atoms with van der Waals surface area (Å²) < 4.78 is 5.38. The molecule has 1 fully saturated rings. The van der Waals surface area contributed by atoms with Gasteiger partial charge in [-0.15, -0.1) is 0 Å². The highest BCUT2D eigenvalue weighted by Gasteiger charge is 2.18. The normalized spacial score (nSPS) is 15.5. The van der Waals surface area contributed by atoms with Crippen LogP contribution in [0.3, 0.4) is 0 Å². The SMILES string of the molecule is CCc1ccc2oc(=O)cc(CN3CCN(c4ccccc4)CC3)c2c1. The maximum absolute atomic E-state index is 11.9. The molecule has 0 N–H and O–H groups in total. The van der Waals surface area contributed by atoms with Gasteiger partial charge in [0.05, 0.1) is 0 Å². The smallest absolute Gasteiger partial charge is 0.336 e. The maximum Gasteiger partial charge on any atom is 0.336 e. The van der Waals surface area contributed by atoms with Gasteiger partial charge >= 0.3 is 5.63 Å². The molecular formula is C22H24N2O2. The molecule has 1 aliphatic heterocycles. The molecule has 0 aliphatic carbocycles. The first-order chi connectivity index (χ1) is 12.7. The Kier molecular flexibility index (Phi) is 4.76. The van der Waals surface area contributed by atoms with Crippen molar-refractivity contribution >= 4 is 16.7 Å². The number of benzene rings is 2. The lowest BCUT2D eigenvalue weighted by Gasteiger charge is -2.36. The minimum absolute atomic E-state index is 0.264. The molecule has 0 atom stereocenters. The van der Waals surface area contributed by atoms with Crippen LogP contribution >= 0.6 is 0 Å². The minimum Gasteiger partial charge on any atom is -0.423 e. The number of nitrogens with zero attached hydrogens (tertiary/aromatic N) is 2. The molecule has 0 amide bonds. The van der Waals surface area contributed by atoms with Crippen LogP contribution in [0, 0.1) is 0 Å². The number of anilines is 1. The molecule has 0 spiro atoms. The molecule has 26 heavy (non-hydrogen) atoms. The minimum atomic E-state index is -0.264. The van der Waals surface area contributed by atoms with Crippen molar-refractivity contribution in [1.29, 1.82) is 0 Å². The van der Waals surface area contributed by atoms with Gasteiger partial charge in [0.15, 0.2) is 0 Å². The third-order valence-electron chi connectivity index (χ3n) is 5.19. The predicted octanol–water partition coefficient (Wildman–Crippen LogP) is 3.68. The Labute approximate surface area is 153 Å². The van der Waals surface area contributed by atoms with Crippen molar-refractivity contribution in [3.63, 3.8) is 0 Å². The molecule has 1 aromatic heterocycles. The first-order valence-electron chi connectivity index (χ1n) is 9.31. The van der Waals surface area contributed by atoms with E-state index in [0.29, 0.717) is 5.58 Å². The molecular weight excluding hydrogens is 324 g/mol. The van der Waals surface area contributed by atoms with Crippen molar-refractivity contribution in [2.45, 2.75) is 19.9 Å². The Morgan fingerprint density at radius 1 is 0.962 bits per heavy atom. The van der Waals surface area contributed by atoms with E-state index < -0.39 is 0 Å². The summed E-state index contributed by atoms with van der Waals surface area (Å²) in [5.41, 5.74) is 4.04. The first-order valence-corrected chi connectivity index (χ1v) is 9.31. The highest BCUT2D eigenvalue weighted by molar-refractivity contribution is 5.80. The van der Waals surface area contributed by atoms with Crippen molar-refractivity contribution < 1.29 is 4.42 Å². The van der Waals surface area contributed by atoms with Crippen molar-refractivity contribution in [1.82, 2.24) is 4.90 Å². The van der Waals surface area contributed by atoms with Crippen molar-refractivity contribution in [3.05, 3.63) is 76.1 Å². The molecule has 0 saturated carbocycles. The molecule has 0 bridgehead atoms. The number of aryl methyl sites for hydroxylation is 1. The second kappa shape index (κ2) is 7.34. The van der Waals surface area contributed by atoms with E-state index in [-0.39, 0.29) is 5.63 Å². The third-order valence-corrected chi connectivity index (χ3v) is 5.19. The topological polar surface area (TPSA) is 36.7 Å². The van der Waals surface area contributed by atoms with E-state index in [1.807, 2.05) is 12.1 Å². The van der Waals surface area contributed by atoms with E-state index in [1.165, 1.54) is 11.3 Å². The summed E-state index contributed by atoms with van der Waals surface area (Å²) in [6, 6.07) is 18.3. The zero-order chi connectivity index (χ0) is 17.9. The lowest BCUT2D eigenvalue weighted by atomic mass is 10.0. The molecule has 134 valence electrons. The quantitative estimate of drug-likeness (QED) is 0.674. The van der Waals surface area contributed by atoms with Crippen molar-refractivity contribution in [3.8, 4) is 0 Å². The Hall–Kier alpha value is -2.59. The average Bonchev–Trinajstić information content (AvgIpc) is 2.69. The summed E-state index contributed by atoms with van der Waals surface area (Å²) in [7, 11) is 0. The van der Waals surface area contributed by atoms with Crippen LogP contribution < -0.4 is 10.5 Å². The van der Waals surface area contributed by atoms with E-state index in [1.54, 1.807) is 6.07 Å². The molecule has 4 nitrogen and oxygen atoms in total. The van der Waals surface area contributed by atoms with Crippen LogP contribution in [0.15, 0.2) is 63.8 Å². The number of para-hydroxylation sites is 1. The first kappa shape index (κ1) is 16.9. The zero-order valence-electron chi connectivity index (χ0n) is 15.1. The van der Waals surface area contributed by atoms with Crippen molar-refractivity contribution in [2.24, 2.45) is 0 Å². The highest BCUT2D eigenvalue weighted by atomic mass is 16.4. The number of fused-ring (bicyclic) bond motifs is 1. The lowest BCUT2D eigenvalue weighted by Crippen LogP contribution is -2.46. The number of hydrogen-bond acceptors (Lipinski definition) is 4. The molecule has 1 saturated heterocycles. The van der Waals surface area contributed by atoms with Gasteiger partial charge in [-0.2, -0.15) is 0 Å². The molecule has 2 heterocycles. The second-order valence-electron chi connectivity index (χ2n) is 6.87. The number of piperazine rings is 1. The molecule has 2 aromatic carbocycles. The van der Waals surface area contributed by atoms with Crippen LogP contribution in [0.5, 0.6) is 0 Å². The largest absolute Gasteiger partial charge is 0.423 e. The van der Waals surface area contributed by atoms with Gasteiger partial charge in [0.1, 0.15) is 5.58 Å². The van der Waals surface area contributed by atoms with Gasteiger partial charge in [-0.25, -0.2) is 4.79 Å². The summed E-state index contributed by atoms with van der Waals surface area (Å²) in [4.78, 5) is 16.8.